The van der Waals surface area contributed by atoms with Gasteiger partial charge in [-0.15, -0.1) is 0 Å². The second-order valence-electron chi connectivity index (χ2n) is 4.61. The van der Waals surface area contributed by atoms with Gasteiger partial charge in [0.1, 0.15) is 6.61 Å². The molecular formula is C13H23NO2. The quantitative estimate of drug-likeness (QED) is 0.673. The van der Waals surface area contributed by atoms with Crippen LogP contribution in [0.1, 0.15) is 40.0 Å². The highest BCUT2D eigenvalue weighted by molar-refractivity contribution is 5.76. The summed E-state index contributed by atoms with van der Waals surface area (Å²) in [7, 11) is 0. The highest BCUT2D eigenvalue weighted by Gasteiger charge is 2.18. The SMILES string of the molecule is CCC=C(OCC(C)=O)N1CCC(C)CC1. The van der Waals surface area contributed by atoms with E-state index in [0.717, 1.165) is 31.3 Å². The van der Waals surface area contributed by atoms with Crippen molar-refractivity contribution in [3.8, 4) is 0 Å². The number of ether oxygens (including phenoxy) is 1. The number of ketones is 1. The zero-order valence-corrected chi connectivity index (χ0v) is 10.7. The number of carbonyl (C=O) groups is 1. The van der Waals surface area contributed by atoms with Crippen LogP contribution in [0.25, 0.3) is 0 Å². The lowest BCUT2D eigenvalue weighted by molar-refractivity contribution is -0.121. The first-order valence-electron chi connectivity index (χ1n) is 6.20. The number of nitrogens with zero attached hydrogens (tertiary/aromatic N) is 1. The summed E-state index contributed by atoms with van der Waals surface area (Å²) >= 11 is 0. The largest absolute Gasteiger partial charge is 0.471 e. The first-order chi connectivity index (χ1) is 7.63. The minimum Gasteiger partial charge on any atom is -0.471 e. The number of likely N-dealkylation sites (tertiary alicyclic amines) is 1. The molecule has 0 bridgehead atoms. The summed E-state index contributed by atoms with van der Waals surface area (Å²) < 4.78 is 5.56. The Morgan fingerprint density at radius 3 is 2.56 bits per heavy atom. The summed E-state index contributed by atoms with van der Waals surface area (Å²) in [6, 6.07) is 0. The smallest absolute Gasteiger partial charge is 0.185 e. The monoisotopic (exact) mass is 225 g/mol. The van der Waals surface area contributed by atoms with Crippen molar-refractivity contribution in [1.82, 2.24) is 4.90 Å². The van der Waals surface area contributed by atoms with Crippen LogP contribution in [0.2, 0.25) is 0 Å². The number of Topliss-reactive ketones (excluding diaryl/α,β-unsaturated/α-hetero) is 1. The molecule has 0 aliphatic carbocycles. The maximum Gasteiger partial charge on any atom is 0.185 e. The average molecular weight is 225 g/mol. The molecule has 0 radical (unpaired) electrons. The zero-order valence-electron chi connectivity index (χ0n) is 10.7. The summed E-state index contributed by atoms with van der Waals surface area (Å²) in [5.41, 5.74) is 0. The van der Waals surface area contributed by atoms with Crippen LogP contribution in [-0.2, 0) is 9.53 Å². The van der Waals surface area contributed by atoms with Gasteiger partial charge in [-0.05, 0) is 38.2 Å². The molecule has 16 heavy (non-hydrogen) atoms. The Morgan fingerprint density at radius 1 is 1.44 bits per heavy atom. The molecule has 0 aromatic carbocycles. The van der Waals surface area contributed by atoms with Crippen LogP contribution in [0.4, 0.5) is 0 Å². The van der Waals surface area contributed by atoms with Gasteiger partial charge in [0.2, 0.25) is 0 Å². The van der Waals surface area contributed by atoms with Crippen molar-refractivity contribution in [3.05, 3.63) is 12.0 Å². The fourth-order valence-corrected chi connectivity index (χ4v) is 1.86. The Bertz CT molecular complexity index is 253. The van der Waals surface area contributed by atoms with Crippen molar-refractivity contribution in [3.63, 3.8) is 0 Å². The van der Waals surface area contributed by atoms with Gasteiger partial charge in [0.05, 0.1) is 0 Å². The van der Waals surface area contributed by atoms with E-state index >= 15 is 0 Å². The van der Waals surface area contributed by atoms with E-state index in [-0.39, 0.29) is 12.4 Å². The number of carbonyl (C=O) groups excluding carboxylic acids is 1. The van der Waals surface area contributed by atoms with Gasteiger partial charge in [0, 0.05) is 13.1 Å². The normalized spacial score (nSPS) is 18.7. The first kappa shape index (κ1) is 13.1. The summed E-state index contributed by atoms with van der Waals surface area (Å²) in [6.45, 7) is 8.22. The fraction of sp³-hybridized carbons (Fsp3) is 0.769. The number of allylic oxidation sites excluding steroid dienone is 1. The van der Waals surface area contributed by atoms with Crippen molar-refractivity contribution >= 4 is 5.78 Å². The lowest BCUT2D eigenvalue weighted by Crippen LogP contribution is -2.33. The standard InChI is InChI=1S/C13H23NO2/c1-4-5-13(16-10-12(3)15)14-8-6-11(2)7-9-14/h5,11H,4,6-10H2,1-3H3. The molecule has 3 nitrogen and oxygen atoms in total. The molecule has 0 aromatic heterocycles. The average Bonchev–Trinajstić information content (AvgIpc) is 2.25. The zero-order chi connectivity index (χ0) is 12.0. The second kappa shape index (κ2) is 6.56. The number of hydrogen-bond acceptors (Lipinski definition) is 3. The predicted octanol–water partition coefficient (Wildman–Crippen LogP) is 2.58. The van der Waals surface area contributed by atoms with Crippen LogP contribution in [0.3, 0.4) is 0 Å². The molecule has 0 N–H and O–H groups in total. The Morgan fingerprint density at radius 2 is 2.06 bits per heavy atom. The molecule has 1 heterocycles. The predicted molar refractivity (Wildman–Crippen MR) is 65.0 cm³/mol. The Labute approximate surface area is 98.5 Å². The Balaban J connectivity index is 2.49. The highest BCUT2D eigenvalue weighted by atomic mass is 16.5. The van der Waals surface area contributed by atoms with Gasteiger partial charge in [-0.1, -0.05) is 13.8 Å². The third kappa shape index (κ3) is 4.25. The third-order valence-electron chi connectivity index (χ3n) is 2.90. The van der Waals surface area contributed by atoms with Crippen LogP contribution in [-0.4, -0.2) is 30.4 Å². The van der Waals surface area contributed by atoms with E-state index in [1.54, 1.807) is 6.92 Å². The molecule has 1 aliphatic rings. The highest BCUT2D eigenvalue weighted by Crippen LogP contribution is 2.20. The number of hydrogen-bond donors (Lipinski definition) is 0. The van der Waals surface area contributed by atoms with E-state index in [1.807, 2.05) is 0 Å². The van der Waals surface area contributed by atoms with Gasteiger partial charge in [0.25, 0.3) is 0 Å². The third-order valence-corrected chi connectivity index (χ3v) is 2.90. The number of rotatable bonds is 5. The van der Waals surface area contributed by atoms with Gasteiger partial charge < -0.3 is 9.64 Å². The van der Waals surface area contributed by atoms with Gasteiger partial charge in [-0.3, -0.25) is 4.79 Å². The topological polar surface area (TPSA) is 29.5 Å². The maximum atomic E-state index is 10.9. The molecule has 0 unspecified atom stereocenters. The summed E-state index contributed by atoms with van der Waals surface area (Å²) in [6.07, 6.45) is 5.44. The molecule has 1 saturated heterocycles. The molecule has 92 valence electrons. The van der Waals surface area contributed by atoms with Crippen LogP contribution in [0, 0.1) is 5.92 Å². The summed E-state index contributed by atoms with van der Waals surface area (Å²) in [5, 5.41) is 0. The van der Waals surface area contributed by atoms with E-state index in [0.29, 0.717) is 0 Å². The molecule has 0 amide bonds. The lowest BCUT2D eigenvalue weighted by atomic mass is 9.99. The molecule has 0 atom stereocenters. The van der Waals surface area contributed by atoms with Crippen molar-refractivity contribution < 1.29 is 9.53 Å². The van der Waals surface area contributed by atoms with E-state index in [9.17, 15) is 4.79 Å². The Hall–Kier alpha value is -0.990. The lowest BCUT2D eigenvalue weighted by Gasteiger charge is -2.33. The molecule has 0 spiro atoms. The summed E-state index contributed by atoms with van der Waals surface area (Å²) in [5.74, 6) is 1.78. The van der Waals surface area contributed by atoms with Crippen molar-refractivity contribution in [2.75, 3.05) is 19.7 Å². The van der Waals surface area contributed by atoms with Crippen LogP contribution < -0.4 is 0 Å². The van der Waals surface area contributed by atoms with E-state index in [1.165, 1.54) is 12.8 Å². The van der Waals surface area contributed by atoms with Crippen molar-refractivity contribution in [2.45, 2.75) is 40.0 Å². The van der Waals surface area contributed by atoms with Crippen LogP contribution in [0.15, 0.2) is 12.0 Å². The van der Waals surface area contributed by atoms with E-state index in [2.05, 4.69) is 24.8 Å². The minimum absolute atomic E-state index is 0.0763. The fourth-order valence-electron chi connectivity index (χ4n) is 1.86. The van der Waals surface area contributed by atoms with E-state index in [4.69, 9.17) is 4.74 Å². The number of piperidine rings is 1. The van der Waals surface area contributed by atoms with Crippen LogP contribution in [0.5, 0.6) is 0 Å². The Kier molecular flexibility index (Phi) is 5.36. The van der Waals surface area contributed by atoms with Gasteiger partial charge in [-0.25, -0.2) is 0 Å². The van der Waals surface area contributed by atoms with Crippen molar-refractivity contribution in [1.29, 1.82) is 0 Å². The molecule has 0 saturated carbocycles. The van der Waals surface area contributed by atoms with Gasteiger partial charge >= 0.3 is 0 Å². The second-order valence-corrected chi connectivity index (χ2v) is 4.61. The van der Waals surface area contributed by atoms with Crippen molar-refractivity contribution in [2.24, 2.45) is 5.92 Å². The molecule has 0 aromatic rings. The molecule has 1 rings (SSSR count). The van der Waals surface area contributed by atoms with Gasteiger partial charge in [-0.2, -0.15) is 0 Å². The molecule has 1 aliphatic heterocycles. The van der Waals surface area contributed by atoms with E-state index < -0.39 is 0 Å². The minimum atomic E-state index is 0.0763. The summed E-state index contributed by atoms with van der Waals surface area (Å²) in [4.78, 5) is 13.2. The maximum absolute atomic E-state index is 10.9. The molecular weight excluding hydrogens is 202 g/mol. The van der Waals surface area contributed by atoms with Gasteiger partial charge in [0.15, 0.2) is 11.7 Å². The molecule has 1 fully saturated rings. The van der Waals surface area contributed by atoms with Crippen LogP contribution >= 0.6 is 0 Å². The molecule has 3 heteroatoms. The first-order valence-corrected chi connectivity index (χ1v) is 6.20.